The number of hydrogen-bond acceptors (Lipinski definition) is 5. The van der Waals surface area contributed by atoms with Gasteiger partial charge in [0.2, 0.25) is 0 Å². The molecule has 0 spiro atoms. The molecule has 2 rings (SSSR count). The summed E-state index contributed by atoms with van der Waals surface area (Å²) < 4.78 is 15.3. The average Bonchev–Trinajstić information content (AvgIpc) is 2.60. The molecule has 0 radical (unpaired) electrons. The van der Waals surface area contributed by atoms with Crippen LogP contribution in [0.1, 0.15) is 15.9 Å². The zero-order chi connectivity index (χ0) is 18.4. The molecule has 7 heteroatoms. The highest BCUT2D eigenvalue weighted by molar-refractivity contribution is 6.32. The summed E-state index contributed by atoms with van der Waals surface area (Å²) in [6.45, 7) is 1.43. The van der Waals surface area contributed by atoms with Crippen LogP contribution in [0.2, 0.25) is 5.02 Å². The van der Waals surface area contributed by atoms with E-state index in [1.165, 1.54) is 20.3 Å². The van der Waals surface area contributed by atoms with Crippen LogP contribution in [0.3, 0.4) is 0 Å². The zero-order valence-corrected chi connectivity index (χ0v) is 14.8. The van der Waals surface area contributed by atoms with Crippen molar-refractivity contribution < 1.29 is 23.8 Å². The largest absolute Gasteiger partial charge is 0.495 e. The monoisotopic (exact) mass is 363 g/mol. The van der Waals surface area contributed by atoms with Gasteiger partial charge in [-0.2, -0.15) is 0 Å². The van der Waals surface area contributed by atoms with Gasteiger partial charge in [0, 0.05) is 6.07 Å². The molecule has 0 unspecified atom stereocenters. The number of methoxy groups -OCH3 is 2. The molecule has 1 N–H and O–H groups in total. The fourth-order valence-corrected chi connectivity index (χ4v) is 2.37. The summed E-state index contributed by atoms with van der Waals surface area (Å²) >= 11 is 6.05. The Kier molecular flexibility index (Phi) is 6.25. The Morgan fingerprint density at radius 1 is 1.08 bits per heavy atom. The van der Waals surface area contributed by atoms with Crippen LogP contribution in [-0.4, -0.2) is 32.7 Å². The van der Waals surface area contributed by atoms with Gasteiger partial charge in [0.1, 0.15) is 11.5 Å². The summed E-state index contributed by atoms with van der Waals surface area (Å²) in [5, 5.41) is 2.91. The van der Waals surface area contributed by atoms with Crippen molar-refractivity contribution in [3.8, 4) is 11.5 Å². The number of benzene rings is 2. The standard InChI is InChI=1S/C18H18ClNO5/c1-11-5-4-6-12(7-11)18(22)25-10-17(21)20-14-8-13(19)15(23-2)9-16(14)24-3/h4-9H,10H2,1-3H3,(H,20,21). The van der Waals surface area contributed by atoms with Crippen molar-refractivity contribution in [3.05, 3.63) is 52.5 Å². The maximum absolute atomic E-state index is 12.0. The summed E-state index contributed by atoms with van der Waals surface area (Å²) in [5.74, 6) is -0.291. The first kappa shape index (κ1) is 18.6. The molecule has 0 saturated heterocycles. The maximum atomic E-state index is 12.0. The number of aryl methyl sites for hydroxylation is 1. The molecular formula is C18H18ClNO5. The molecule has 0 saturated carbocycles. The third-order valence-electron chi connectivity index (χ3n) is 3.34. The van der Waals surface area contributed by atoms with Gasteiger partial charge in [0.05, 0.1) is 30.5 Å². The lowest BCUT2D eigenvalue weighted by Crippen LogP contribution is -2.21. The highest BCUT2D eigenvalue weighted by Crippen LogP contribution is 2.35. The number of ether oxygens (including phenoxy) is 3. The molecule has 0 aliphatic carbocycles. The van der Waals surface area contributed by atoms with E-state index in [0.29, 0.717) is 27.8 Å². The molecule has 0 aliphatic rings. The Balaban J connectivity index is 2.01. The van der Waals surface area contributed by atoms with Gasteiger partial charge in [0.25, 0.3) is 5.91 Å². The minimum absolute atomic E-state index is 0.315. The normalized spacial score (nSPS) is 10.1. The van der Waals surface area contributed by atoms with E-state index in [1.807, 2.05) is 13.0 Å². The Bertz CT molecular complexity index is 791. The van der Waals surface area contributed by atoms with Gasteiger partial charge in [-0.1, -0.05) is 29.3 Å². The quantitative estimate of drug-likeness (QED) is 0.795. The topological polar surface area (TPSA) is 73.9 Å². The molecule has 0 heterocycles. The van der Waals surface area contributed by atoms with Crippen LogP contribution in [-0.2, 0) is 9.53 Å². The highest BCUT2D eigenvalue weighted by Gasteiger charge is 2.14. The lowest BCUT2D eigenvalue weighted by molar-refractivity contribution is -0.119. The third kappa shape index (κ3) is 4.87. The second-order valence-electron chi connectivity index (χ2n) is 5.18. The minimum atomic E-state index is -0.571. The average molecular weight is 364 g/mol. The van der Waals surface area contributed by atoms with E-state index in [2.05, 4.69) is 5.32 Å². The number of esters is 1. The molecule has 0 aliphatic heterocycles. The van der Waals surface area contributed by atoms with Crippen molar-refractivity contribution in [1.29, 1.82) is 0 Å². The van der Waals surface area contributed by atoms with E-state index in [0.717, 1.165) is 5.56 Å². The fraction of sp³-hybridized carbons (Fsp3) is 0.222. The zero-order valence-electron chi connectivity index (χ0n) is 14.1. The fourth-order valence-electron chi connectivity index (χ4n) is 2.13. The van der Waals surface area contributed by atoms with Crippen molar-refractivity contribution in [2.45, 2.75) is 6.92 Å². The van der Waals surface area contributed by atoms with Gasteiger partial charge in [-0.3, -0.25) is 4.79 Å². The Morgan fingerprint density at radius 3 is 2.44 bits per heavy atom. The maximum Gasteiger partial charge on any atom is 0.338 e. The number of carbonyl (C=O) groups excluding carboxylic acids is 2. The van der Waals surface area contributed by atoms with E-state index in [-0.39, 0.29) is 0 Å². The van der Waals surface area contributed by atoms with Crippen molar-refractivity contribution in [1.82, 2.24) is 0 Å². The summed E-state index contributed by atoms with van der Waals surface area (Å²) in [5.41, 5.74) is 1.67. The molecule has 1 amide bonds. The van der Waals surface area contributed by atoms with Gasteiger partial charge in [-0.05, 0) is 25.1 Å². The van der Waals surface area contributed by atoms with Gasteiger partial charge < -0.3 is 19.5 Å². The molecule has 2 aromatic rings. The predicted molar refractivity (Wildman–Crippen MR) is 94.6 cm³/mol. The van der Waals surface area contributed by atoms with Crippen molar-refractivity contribution in [3.63, 3.8) is 0 Å². The second-order valence-corrected chi connectivity index (χ2v) is 5.59. The van der Waals surface area contributed by atoms with Crippen molar-refractivity contribution >= 4 is 29.2 Å². The molecule has 2 aromatic carbocycles. The van der Waals surface area contributed by atoms with Crippen LogP contribution in [0, 0.1) is 6.92 Å². The third-order valence-corrected chi connectivity index (χ3v) is 3.63. The smallest absolute Gasteiger partial charge is 0.338 e. The Hall–Kier alpha value is -2.73. The SMILES string of the molecule is COc1cc(OC)c(NC(=O)COC(=O)c2cccc(C)c2)cc1Cl. The molecule has 25 heavy (non-hydrogen) atoms. The highest BCUT2D eigenvalue weighted by atomic mass is 35.5. The van der Waals surface area contributed by atoms with Crippen LogP contribution in [0.4, 0.5) is 5.69 Å². The van der Waals surface area contributed by atoms with E-state index in [9.17, 15) is 9.59 Å². The summed E-state index contributed by atoms with van der Waals surface area (Å²) in [6, 6.07) is 9.97. The molecule has 0 fully saturated rings. The molecular weight excluding hydrogens is 346 g/mol. The number of anilines is 1. The van der Waals surface area contributed by atoms with Crippen LogP contribution in [0.15, 0.2) is 36.4 Å². The molecule has 132 valence electrons. The van der Waals surface area contributed by atoms with Gasteiger partial charge in [-0.25, -0.2) is 4.79 Å². The number of amides is 1. The van der Waals surface area contributed by atoms with Crippen LogP contribution < -0.4 is 14.8 Å². The number of carbonyl (C=O) groups is 2. The lowest BCUT2D eigenvalue weighted by atomic mass is 10.1. The summed E-state index contributed by atoms with van der Waals surface area (Å²) in [7, 11) is 2.93. The van der Waals surface area contributed by atoms with Crippen molar-refractivity contribution in [2.24, 2.45) is 0 Å². The predicted octanol–water partition coefficient (Wildman–Crippen LogP) is 3.46. The Morgan fingerprint density at radius 2 is 1.80 bits per heavy atom. The summed E-state index contributed by atoms with van der Waals surface area (Å²) in [4.78, 5) is 24.0. The molecule has 6 nitrogen and oxygen atoms in total. The second kappa shape index (κ2) is 8.39. The van der Waals surface area contributed by atoms with E-state index in [4.69, 9.17) is 25.8 Å². The van der Waals surface area contributed by atoms with E-state index >= 15 is 0 Å². The first-order valence-electron chi connectivity index (χ1n) is 7.39. The van der Waals surface area contributed by atoms with Crippen molar-refractivity contribution in [2.75, 3.05) is 26.1 Å². The van der Waals surface area contributed by atoms with Gasteiger partial charge in [-0.15, -0.1) is 0 Å². The van der Waals surface area contributed by atoms with Crippen LogP contribution in [0.25, 0.3) is 0 Å². The number of nitrogens with one attached hydrogen (secondary N) is 1. The summed E-state index contributed by atoms with van der Waals surface area (Å²) in [6.07, 6.45) is 0. The minimum Gasteiger partial charge on any atom is -0.495 e. The first-order valence-corrected chi connectivity index (χ1v) is 7.77. The Labute approximate surface area is 150 Å². The lowest BCUT2D eigenvalue weighted by Gasteiger charge is -2.13. The molecule has 0 atom stereocenters. The number of halogens is 1. The van der Waals surface area contributed by atoms with E-state index in [1.54, 1.807) is 24.3 Å². The number of rotatable bonds is 6. The van der Waals surface area contributed by atoms with Crippen LogP contribution >= 0.6 is 11.6 Å². The molecule has 0 aromatic heterocycles. The van der Waals surface area contributed by atoms with Gasteiger partial charge in [0.15, 0.2) is 6.61 Å². The first-order chi connectivity index (χ1) is 11.9. The van der Waals surface area contributed by atoms with Crippen LogP contribution in [0.5, 0.6) is 11.5 Å². The molecule has 0 bridgehead atoms. The van der Waals surface area contributed by atoms with Gasteiger partial charge >= 0.3 is 5.97 Å². The number of hydrogen-bond donors (Lipinski definition) is 1. The van der Waals surface area contributed by atoms with E-state index < -0.39 is 18.5 Å².